The number of fused-ring (bicyclic) bond motifs is 1. The largest absolute Gasteiger partial charge is 0.480 e. The van der Waals surface area contributed by atoms with Gasteiger partial charge in [0.25, 0.3) is 0 Å². The van der Waals surface area contributed by atoms with Gasteiger partial charge in [0.15, 0.2) is 5.58 Å². The van der Waals surface area contributed by atoms with Gasteiger partial charge in [-0.25, -0.2) is 4.98 Å². The molecule has 1 atom stereocenters. The summed E-state index contributed by atoms with van der Waals surface area (Å²) in [6, 6.07) is 20.1. The number of oxazole rings is 1. The Morgan fingerprint density at radius 3 is 2.68 bits per heavy atom. The van der Waals surface area contributed by atoms with Crippen LogP contribution >= 0.6 is 0 Å². The monoisotopic (exact) mass is 455 g/mol. The SMILES string of the molecule is CNc1cc2oc(-c3cccc(-c4ccccc4)c3C)nc2cc1CN1CCCCC1C(=O)O. The van der Waals surface area contributed by atoms with Crippen molar-refractivity contribution in [1.82, 2.24) is 9.88 Å². The van der Waals surface area contributed by atoms with Gasteiger partial charge in [-0.1, -0.05) is 48.9 Å². The van der Waals surface area contributed by atoms with Crippen LogP contribution in [0.3, 0.4) is 0 Å². The van der Waals surface area contributed by atoms with Gasteiger partial charge in [-0.05, 0) is 60.7 Å². The number of aliphatic carboxylic acids is 1. The number of rotatable bonds is 6. The molecular weight excluding hydrogens is 426 g/mol. The Morgan fingerprint density at radius 1 is 1.12 bits per heavy atom. The zero-order chi connectivity index (χ0) is 23.7. The number of nitrogens with zero attached hydrogens (tertiary/aromatic N) is 2. The van der Waals surface area contributed by atoms with Crippen molar-refractivity contribution in [3.05, 3.63) is 71.8 Å². The number of benzene rings is 3. The maximum Gasteiger partial charge on any atom is 0.320 e. The molecule has 0 radical (unpaired) electrons. The molecule has 6 nitrogen and oxygen atoms in total. The van der Waals surface area contributed by atoms with E-state index in [2.05, 4.69) is 35.3 Å². The fourth-order valence-electron chi connectivity index (χ4n) is 4.97. The van der Waals surface area contributed by atoms with Crippen LogP contribution in [0.2, 0.25) is 0 Å². The summed E-state index contributed by atoms with van der Waals surface area (Å²) in [6.07, 6.45) is 2.67. The topological polar surface area (TPSA) is 78.6 Å². The molecule has 2 heterocycles. The molecule has 4 aromatic rings. The van der Waals surface area contributed by atoms with E-state index in [9.17, 15) is 9.90 Å². The first-order valence-electron chi connectivity index (χ1n) is 11.8. The van der Waals surface area contributed by atoms with Crippen LogP contribution < -0.4 is 5.32 Å². The van der Waals surface area contributed by atoms with E-state index in [0.29, 0.717) is 24.4 Å². The third kappa shape index (κ3) is 4.17. The highest BCUT2D eigenvalue weighted by Crippen LogP contribution is 2.35. The molecule has 3 aromatic carbocycles. The minimum absolute atomic E-state index is 0.439. The molecule has 0 bridgehead atoms. The van der Waals surface area contributed by atoms with E-state index in [0.717, 1.165) is 58.4 Å². The number of piperidine rings is 1. The lowest BCUT2D eigenvalue weighted by Gasteiger charge is -2.33. The molecule has 5 rings (SSSR count). The fourth-order valence-corrected chi connectivity index (χ4v) is 4.97. The molecule has 1 aliphatic rings. The molecule has 0 spiro atoms. The first-order chi connectivity index (χ1) is 16.5. The number of hydrogen-bond acceptors (Lipinski definition) is 5. The Bertz CT molecular complexity index is 1330. The van der Waals surface area contributed by atoms with E-state index < -0.39 is 12.0 Å². The van der Waals surface area contributed by atoms with Gasteiger partial charge in [-0.15, -0.1) is 0 Å². The Morgan fingerprint density at radius 2 is 1.91 bits per heavy atom. The molecule has 1 aromatic heterocycles. The third-order valence-corrected chi connectivity index (χ3v) is 6.80. The highest BCUT2D eigenvalue weighted by atomic mass is 16.4. The zero-order valence-corrected chi connectivity index (χ0v) is 19.5. The van der Waals surface area contributed by atoms with Gasteiger partial charge < -0.3 is 14.8 Å². The Balaban J connectivity index is 1.52. The first-order valence-corrected chi connectivity index (χ1v) is 11.8. The molecule has 1 saturated heterocycles. The van der Waals surface area contributed by atoms with Gasteiger partial charge in [0.2, 0.25) is 5.89 Å². The summed E-state index contributed by atoms with van der Waals surface area (Å²) in [6.45, 7) is 3.45. The number of carboxylic acids is 1. The summed E-state index contributed by atoms with van der Waals surface area (Å²) in [5.41, 5.74) is 7.84. The van der Waals surface area contributed by atoms with Crippen molar-refractivity contribution < 1.29 is 14.3 Å². The molecule has 0 saturated carbocycles. The number of carboxylic acid groups (broad SMARTS) is 1. The molecular formula is C28H29N3O3. The van der Waals surface area contributed by atoms with E-state index in [4.69, 9.17) is 9.40 Å². The van der Waals surface area contributed by atoms with Crippen LogP contribution in [-0.2, 0) is 11.3 Å². The summed E-state index contributed by atoms with van der Waals surface area (Å²) >= 11 is 0. The second-order valence-electron chi connectivity index (χ2n) is 8.91. The summed E-state index contributed by atoms with van der Waals surface area (Å²) in [7, 11) is 1.88. The highest BCUT2D eigenvalue weighted by Gasteiger charge is 2.29. The van der Waals surface area contributed by atoms with E-state index in [1.54, 1.807) is 0 Å². The van der Waals surface area contributed by atoms with E-state index in [1.807, 2.05) is 49.5 Å². The molecule has 0 aliphatic carbocycles. The van der Waals surface area contributed by atoms with Crippen LogP contribution in [0.4, 0.5) is 5.69 Å². The molecule has 1 fully saturated rings. The number of hydrogen-bond donors (Lipinski definition) is 2. The van der Waals surface area contributed by atoms with Crippen molar-refractivity contribution >= 4 is 22.8 Å². The van der Waals surface area contributed by atoms with E-state index >= 15 is 0 Å². The normalized spacial score (nSPS) is 16.6. The highest BCUT2D eigenvalue weighted by molar-refractivity contribution is 5.83. The third-order valence-electron chi connectivity index (χ3n) is 6.80. The summed E-state index contributed by atoms with van der Waals surface area (Å²) in [4.78, 5) is 18.6. The molecule has 6 heteroatoms. The molecule has 1 unspecified atom stereocenters. The van der Waals surface area contributed by atoms with Crippen LogP contribution in [0, 0.1) is 6.92 Å². The summed E-state index contributed by atoms with van der Waals surface area (Å²) in [5, 5.41) is 12.9. The lowest BCUT2D eigenvalue weighted by Crippen LogP contribution is -2.44. The van der Waals surface area contributed by atoms with Crippen LogP contribution in [0.1, 0.15) is 30.4 Å². The smallest absolute Gasteiger partial charge is 0.320 e. The molecule has 0 amide bonds. The predicted molar refractivity (Wildman–Crippen MR) is 135 cm³/mol. The van der Waals surface area contributed by atoms with Crippen LogP contribution in [-0.4, -0.2) is 40.6 Å². The fraction of sp³-hybridized carbons (Fsp3) is 0.286. The Hall–Kier alpha value is -3.64. The minimum atomic E-state index is -0.746. The van der Waals surface area contributed by atoms with Crippen molar-refractivity contribution in [3.63, 3.8) is 0 Å². The summed E-state index contributed by atoms with van der Waals surface area (Å²) < 4.78 is 6.21. The van der Waals surface area contributed by atoms with Crippen LogP contribution in [0.25, 0.3) is 33.7 Å². The van der Waals surface area contributed by atoms with Crippen LogP contribution in [0.5, 0.6) is 0 Å². The quantitative estimate of drug-likeness (QED) is 0.374. The number of nitrogens with one attached hydrogen (secondary N) is 1. The van der Waals surface area contributed by atoms with E-state index in [1.165, 1.54) is 0 Å². The Kier molecular flexibility index (Phi) is 6.07. The first kappa shape index (κ1) is 22.2. The molecule has 174 valence electrons. The number of carbonyl (C=O) groups is 1. The lowest BCUT2D eigenvalue weighted by atomic mass is 9.96. The average Bonchev–Trinajstić information content (AvgIpc) is 3.27. The van der Waals surface area contributed by atoms with Gasteiger partial charge in [-0.2, -0.15) is 0 Å². The zero-order valence-electron chi connectivity index (χ0n) is 19.5. The van der Waals surface area contributed by atoms with Crippen molar-refractivity contribution in [2.24, 2.45) is 0 Å². The minimum Gasteiger partial charge on any atom is -0.480 e. The van der Waals surface area contributed by atoms with E-state index in [-0.39, 0.29) is 0 Å². The van der Waals surface area contributed by atoms with Crippen LogP contribution in [0.15, 0.2) is 65.1 Å². The molecule has 34 heavy (non-hydrogen) atoms. The van der Waals surface area contributed by atoms with Crippen molar-refractivity contribution in [3.8, 4) is 22.6 Å². The predicted octanol–water partition coefficient (Wildman–Crippen LogP) is 5.95. The number of anilines is 1. The lowest BCUT2D eigenvalue weighted by molar-refractivity contribution is -0.144. The van der Waals surface area contributed by atoms with Gasteiger partial charge in [0.05, 0.1) is 0 Å². The summed E-state index contributed by atoms with van der Waals surface area (Å²) in [5.74, 6) is -0.157. The maximum absolute atomic E-state index is 11.8. The van der Waals surface area contributed by atoms with Gasteiger partial charge >= 0.3 is 5.97 Å². The maximum atomic E-state index is 11.8. The molecule has 2 N–H and O–H groups in total. The second kappa shape index (κ2) is 9.31. The standard InChI is InChI=1S/C28H29N3O3/c1-18-21(19-9-4-3-5-10-19)11-8-12-22(18)27-30-24-15-20(23(29-2)16-26(24)34-27)17-31-14-7-6-13-25(31)28(32)33/h3-5,8-12,15-16,25,29H,6-7,13-14,17H2,1-2H3,(H,32,33). The second-order valence-corrected chi connectivity index (χ2v) is 8.91. The van der Waals surface area contributed by atoms with Crippen molar-refractivity contribution in [2.45, 2.75) is 38.8 Å². The van der Waals surface area contributed by atoms with Gasteiger partial charge in [0, 0.05) is 30.9 Å². The molecule has 1 aliphatic heterocycles. The van der Waals surface area contributed by atoms with Crippen molar-refractivity contribution in [1.29, 1.82) is 0 Å². The van der Waals surface area contributed by atoms with Gasteiger partial charge in [0.1, 0.15) is 11.6 Å². The number of likely N-dealkylation sites (tertiary alicyclic amines) is 1. The van der Waals surface area contributed by atoms with Gasteiger partial charge in [-0.3, -0.25) is 9.69 Å². The average molecular weight is 456 g/mol. The Labute approximate surface area is 199 Å². The van der Waals surface area contributed by atoms with Crippen molar-refractivity contribution in [2.75, 3.05) is 18.9 Å². The number of aromatic nitrogens is 1.